The van der Waals surface area contributed by atoms with Crippen molar-refractivity contribution in [1.29, 1.82) is 5.26 Å². The second-order valence-corrected chi connectivity index (χ2v) is 7.50. The Hall–Kier alpha value is -2.51. The van der Waals surface area contributed by atoms with Gasteiger partial charge in [0.05, 0.1) is 18.2 Å². The number of halogens is 4. The molecule has 0 aliphatic rings. The average molecular weight is 468 g/mol. The Morgan fingerprint density at radius 2 is 1.96 bits per heavy atom. The quantitative estimate of drug-likeness (QED) is 0.453. The minimum Gasteiger partial charge on any atom is -0.357 e. The average Bonchev–Trinajstić information content (AvgIpc) is 3.04. The van der Waals surface area contributed by atoms with Crippen molar-refractivity contribution in [2.24, 2.45) is 0 Å². The van der Waals surface area contributed by atoms with E-state index in [1.807, 2.05) is 0 Å². The van der Waals surface area contributed by atoms with Gasteiger partial charge < -0.3 is 5.32 Å². The molecule has 2 heterocycles. The van der Waals surface area contributed by atoms with Gasteiger partial charge in [0.25, 0.3) is 0 Å². The summed E-state index contributed by atoms with van der Waals surface area (Å²) < 4.78 is 40.3. The van der Waals surface area contributed by atoms with Crippen LogP contribution in [0.4, 0.5) is 13.2 Å². The van der Waals surface area contributed by atoms with Crippen LogP contribution in [0.5, 0.6) is 0 Å². The highest BCUT2D eigenvalue weighted by Crippen LogP contribution is 2.29. The molecule has 144 valence electrons. The van der Waals surface area contributed by atoms with Crippen LogP contribution in [0.2, 0.25) is 0 Å². The van der Waals surface area contributed by atoms with Crippen molar-refractivity contribution in [3.05, 3.63) is 58.5 Å². The van der Waals surface area contributed by atoms with Gasteiger partial charge in [0.15, 0.2) is 0 Å². The third kappa shape index (κ3) is 4.31. The van der Waals surface area contributed by atoms with Crippen LogP contribution >= 0.6 is 28.1 Å². The third-order valence-electron chi connectivity index (χ3n) is 4.02. The smallest absolute Gasteiger partial charge is 0.357 e. The Labute approximate surface area is 172 Å². The molecule has 0 bridgehead atoms. The van der Waals surface area contributed by atoms with Crippen molar-refractivity contribution >= 4 is 44.0 Å². The van der Waals surface area contributed by atoms with E-state index in [2.05, 4.69) is 37.4 Å². The minimum atomic E-state index is -4.42. The lowest BCUT2D eigenvalue weighted by Crippen LogP contribution is -2.47. The van der Waals surface area contributed by atoms with Gasteiger partial charge in [0.1, 0.15) is 20.6 Å². The maximum absolute atomic E-state index is 12.7. The molecule has 2 aromatic heterocycles. The molecule has 0 spiro atoms. The van der Waals surface area contributed by atoms with Gasteiger partial charge in [-0.15, -0.1) is 0 Å². The molecule has 0 saturated heterocycles. The van der Waals surface area contributed by atoms with E-state index in [0.29, 0.717) is 15.7 Å². The lowest BCUT2D eigenvalue weighted by atomic mass is 10.0. The number of hydrogen-bond donors (Lipinski definition) is 1. The van der Waals surface area contributed by atoms with Crippen molar-refractivity contribution in [3.8, 4) is 6.07 Å². The van der Waals surface area contributed by atoms with E-state index in [0.717, 1.165) is 17.5 Å². The zero-order valence-corrected chi connectivity index (χ0v) is 16.9. The predicted octanol–water partition coefficient (Wildman–Crippen LogP) is 4.46. The molecule has 0 aliphatic heterocycles. The first kappa shape index (κ1) is 20.2. The highest BCUT2D eigenvalue weighted by atomic mass is 79.9. The summed E-state index contributed by atoms with van der Waals surface area (Å²) in [4.78, 5) is 4.29. The molecule has 1 N–H and O–H groups in total. The molecule has 3 rings (SSSR count). The monoisotopic (exact) mass is 467 g/mol. The first-order chi connectivity index (χ1) is 13.1. The van der Waals surface area contributed by atoms with E-state index in [4.69, 9.17) is 12.2 Å². The molecule has 1 unspecified atom stereocenters. The third-order valence-corrected chi connectivity index (χ3v) is 4.93. The van der Waals surface area contributed by atoms with Gasteiger partial charge in [-0.25, -0.2) is 4.98 Å². The van der Waals surface area contributed by atoms with E-state index >= 15 is 0 Å². The van der Waals surface area contributed by atoms with Gasteiger partial charge >= 0.3 is 6.18 Å². The lowest BCUT2D eigenvalue weighted by molar-refractivity contribution is -0.137. The number of aromatic nitrogens is 3. The Morgan fingerprint density at radius 3 is 2.54 bits per heavy atom. The number of pyridine rings is 1. The van der Waals surface area contributed by atoms with Crippen molar-refractivity contribution in [3.63, 3.8) is 0 Å². The summed E-state index contributed by atoms with van der Waals surface area (Å²) in [5.74, 6) is 0. The highest BCUT2D eigenvalue weighted by Gasteiger charge is 2.31. The maximum Gasteiger partial charge on any atom is 0.416 e. The molecule has 0 fully saturated rings. The molecule has 1 atom stereocenters. The number of alkyl halides is 3. The molecule has 10 heteroatoms. The van der Waals surface area contributed by atoms with Crippen molar-refractivity contribution < 1.29 is 13.2 Å². The Balaban J connectivity index is 1.78. The second-order valence-electron chi connectivity index (χ2n) is 6.34. The minimum absolute atomic E-state index is 0.172. The number of hydrogen-bond acceptors (Lipinski definition) is 4. The summed E-state index contributed by atoms with van der Waals surface area (Å²) in [6, 6.07) is 8.42. The number of nitrogens with zero attached hydrogens (tertiary/aromatic N) is 4. The summed E-state index contributed by atoms with van der Waals surface area (Å²) in [7, 11) is 0. The normalized spacial score (nSPS) is 13.7. The fourth-order valence-corrected chi connectivity index (χ4v) is 3.39. The molecule has 5 nitrogen and oxygen atoms in total. The first-order valence-corrected chi connectivity index (χ1v) is 9.20. The van der Waals surface area contributed by atoms with Crippen molar-refractivity contribution in [1.82, 2.24) is 20.1 Å². The number of fused-ring (bicyclic) bond motifs is 1. The van der Waals surface area contributed by atoms with Gasteiger partial charge in [-0.2, -0.15) is 23.5 Å². The number of nitrogens with one attached hydrogen (secondary N) is 1. The molecular weight excluding hydrogens is 455 g/mol. The van der Waals surface area contributed by atoms with Crippen LogP contribution in [0.15, 0.2) is 47.3 Å². The predicted molar refractivity (Wildman–Crippen MR) is 106 cm³/mol. The van der Waals surface area contributed by atoms with Gasteiger partial charge in [0.2, 0.25) is 0 Å². The lowest BCUT2D eigenvalue weighted by Gasteiger charge is -2.25. The molecule has 1 aromatic carbocycles. The zero-order valence-electron chi connectivity index (χ0n) is 14.5. The molecule has 0 aliphatic carbocycles. The summed E-state index contributed by atoms with van der Waals surface area (Å²) in [5, 5.41) is 17.8. The van der Waals surface area contributed by atoms with E-state index in [1.54, 1.807) is 30.1 Å². The van der Waals surface area contributed by atoms with E-state index in [1.165, 1.54) is 12.1 Å². The van der Waals surface area contributed by atoms with Gasteiger partial charge in [0, 0.05) is 23.3 Å². The molecule has 28 heavy (non-hydrogen) atoms. The Morgan fingerprint density at radius 1 is 1.29 bits per heavy atom. The topological polar surface area (TPSA) is 66.5 Å². The molecule has 0 amide bonds. The van der Waals surface area contributed by atoms with Crippen LogP contribution in [-0.4, -0.2) is 25.3 Å². The molecule has 0 radical (unpaired) electrons. The first-order valence-electron chi connectivity index (χ1n) is 8.00. The van der Waals surface area contributed by atoms with Gasteiger partial charge in [-0.05, 0) is 41.1 Å². The van der Waals surface area contributed by atoms with Crippen LogP contribution in [0.25, 0.3) is 10.9 Å². The highest BCUT2D eigenvalue weighted by molar-refractivity contribution is 9.10. The molecule has 0 saturated carbocycles. The summed E-state index contributed by atoms with van der Waals surface area (Å²) >= 11 is 8.61. The van der Waals surface area contributed by atoms with E-state index in [-0.39, 0.29) is 11.5 Å². The van der Waals surface area contributed by atoms with Crippen molar-refractivity contribution in [2.75, 3.05) is 0 Å². The van der Waals surface area contributed by atoms with Crippen LogP contribution < -0.4 is 5.32 Å². The number of benzene rings is 1. The fraction of sp³-hybridized carbons (Fsp3) is 0.222. The summed E-state index contributed by atoms with van der Waals surface area (Å²) in [5.41, 5.74) is -0.832. The van der Waals surface area contributed by atoms with Crippen LogP contribution in [0, 0.1) is 11.3 Å². The second kappa shape index (κ2) is 7.48. The summed E-state index contributed by atoms with van der Waals surface area (Å²) in [6.45, 7) is 1.81. The van der Waals surface area contributed by atoms with E-state index < -0.39 is 17.3 Å². The molecular formula is C18H13BrF3N5S. The maximum atomic E-state index is 12.7. The van der Waals surface area contributed by atoms with Gasteiger partial charge in [-0.1, -0.05) is 24.4 Å². The van der Waals surface area contributed by atoms with Gasteiger partial charge in [-0.3, -0.25) is 4.68 Å². The standard InChI is InChI=1S/C18H13BrF3N5S/c1-17(9-23,10-27-8-12-6-7-24-15(19)14(12)26-27)25-16(28)11-2-4-13(5-3-11)18(20,21)22/h2-8H,10H2,1H3,(H,25,28). The van der Waals surface area contributed by atoms with Crippen LogP contribution in [-0.2, 0) is 12.7 Å². The van der Waals surface area contributed by atoms with Crippen molar-refractivity contribution in [2.45, 2.75) is 25.2 Å². The largest absolute Gasteiger partial charge is 0.416 e. The van der Waals surface area contributed by atoms with Crippen LogP contribution in [0.1, 0.15) is 18.1 Å². The number of rotatable bonds is 4. The molecule has 3 aromatic rings. The Bertz CT molecular complexity index is 1070. The fourth-order valence-electron chi connectivity index (χ4n) is 2.60. The Kier molecular flexibility index (Phi) is 5.41. The SMILES string of the molecule is CC(C#N)(Cn1cc2ccnc(Br)c2n1)NC(=S)c1ccc(C(F)(F)F)cc1. The summed E-state index contributed by atoms with van der Waals surface area (Å²) in [6.07, 6.45) is -1.000. The van der Waals surface area contributed by atoms with E-state index in [9.17, 15) is 18.4 Å². The zero-order chi connectivity index (χ0) is 20.5. The van der Waals surface area contributed by atoms with Crippen LogP contribution in [0.3, 0.4) is 0 Å². The number of thiocarbonyl (C=S) groups is 1. The number of nitriles is 1.